The molecule has 1 aromatic carbocycles. The van der Waals surface area contributed by atoms with Crippen LogP contribution in [0.4, 0.5) is 0 Å². The smallest absolute Gasteiger partial charge is 0.131 e. The average molecular weight is 195 g/mol. The van der Waals surface area contributed by atoms with Gasteiger partial charge < -0.3 is 15.2 Å². The third-order valence-electron chi connectivity index (χ3n) is 2.27. The van der Waals surface area contributed by atoms with Crippen LogP contribution in [0.2, 0.25) is 0 Å². The number of nitrogens with two attached hydrogens (primary N) is 1. The summed E-state index contributed by atoms with van der Waals surface area (Å²) in [6, 6.07) is 3.97. The zero-order valence-corrected chi connectivity index (χ0v) is 9.13. The minimum atomic E-state index is -0.363. The Morgan fingerprint density at radius 3 is 2.00 bits per heavy atom. The molecule has 0 heterocycles. The Balaban J connectivity index is 3.13. The van der Waals surface area contributed by atoms with Crippen molar-refractivity contribution < 1.29 is 9.47 Å². The summed E-state index contributed by atoms with van der Waals surface area (Å²) in [5, 5.41) is 0. The van der Waals surface area contributed by atoms with E-state index in [2.05, 4.69) is 0 Å². The van der Waals surface area contributed by atoms with Crippen LogP contribution in [0.5, 0.6) is 5.75 Å². The Hall–Kier alpha value is -1.06. The maximum absolute atomic E-state index is 5.76. The second kappa shape index (κ2) is 4.44. The first kappa shape index (κ1) is 11.0. The second-order valence-corrected chi connectivity index (χ2v) is 3.34. The van der Waals surface area contributed by atoms with E-state index >= 15 is 0 Å². The summed E-state index contributed by atoms with van der Waals surface area (Å²) in [5.41, 5.74) is 8.89. The third-order valence-corrected chi connectivity index (χ3v) is 2.27. The summed E-state index contributed by atoms with van der Waals surface area (Å²) in [6.07, 6.45) is -0.363. The van der Waals surface area contributed by atoms with Crippen LogP contribution in [0.15, 0.2) is 12.1 Å². The van der Waals surface area contributed by atoms with E-state index in [0.29, 0.717) is 0 Å². The summed E-state index contributed by atoms with van der Waals surface area (Å²) >= 11 is 0. The van der Waals surface area contributed by atoms with Gasteiger partial charge >= 0.3 is 0 Å². The van der Waals surface area contributed by atoms with Crippen LogP contribution in [-0.4, -0.2) is 14.2 Å². The highest BCUT2D eigenvalue weighted by Gasteiger charge is 2.09. The molecule has 0 amide bonds. The zero-order valence-electron chi connectivity index (χ0n) is 9.13. The predicted molar refractivity (Wildman–Crippen MR) is 56.4 cm³/mol. The molecule has 1 rings (SSSR count). The summed E-state index contributed by atoms with van der Waals surface area (Å²) in [7, 11) is 3.27. The van der Waals surface area contributed by atoms with Crippen LogP contribution in [0, 0.1) is 13.8 Å². The van der Waals surface area contributed by atoms with Gasteiger partial charge in [0.05, 0.1) is 7.11 Å². The van der Waals surface area contributed by atoms with Crippen molar-refractivity contribution in [2.75, 3.05) is 14.2 Å². The van der Waals surface area contributed by atoms with Gasteiger partial charge in [-0.3, -0.25) is 0 Å². The van der Waals surface area contributed by atoms with Crippen molar-refractivity contribution in [3.63, 3.8) is 0 Å². The summed E-state index contributed by atoms with van der Waals surface area (Å²) in [4.78, 5) is 0. The van der Waals surface area contributed by atoms with Gasteiger partial charge in [-0.15, -0.1) is 0 Å². The highest BCUT2D eigenvalue weighted by Crippen LogP contribution is 2.26. The van der Waals surface area contributed by atoms with Crippen molar-refractivity contribution in [3.05, 3.63) is 28.8 Å². The Bertz CT molecular complexity index is 300. The van der Waals surface area contributed by atoms with E-state index in [1.807, 2.05) is 26.0 Å². The van der Waals surface area contributed by atoms with Crippen LogP contribution < -0.4 is 10.5 Å². The number of rotatable bonds is 3. The van der Waals surface area contributed by atoms with Gasteiger partial charge in [0.25, 0.3) is 0 Å². The SMILES string of the molecule is COc1c(C)cc(C(N)OC)cc1C. The molecule has 0 aromatic heterocycles. The molecule has 0 saturated carbocycles. The molecule has 0 aliphatic carbocycles. The van der Waals surface area contributed by atoms with Crippen LogP contribution in [-0.2, 0) is 4.74 Å². The largest absolute Gasteiger partial charge is 0.496 e. The number of hydrogen-bond acceptors (Lipinski definition) is 3. The molecular formula is C11H17NO2. The standard InChI is InChI=1S/C11H17NO2/c1-7-5-9(11(12)14-4)6-8(2)10(7)13-3/h5-6,11H,12H2,1-4H3. The molecule has 3 nitrogen and oxygen atoms in total. The topological polar surface area (TPSA) is 44.5 Å². The Morgan fingerprint density at radius 1 is 1.14 bits per heavy atom. The van der Waals surface area contributed by atoms with Crippen LogP contribution in [0.25, 0.3) is 0 Å². The molecule has 0 bridgehead atoms. The fourth-order valence-electron chi connectivity index (χ4n) is 1.61. The highest BCUT2D eigenvalue weighted by molar-refractivity contribution is 5.43. The van der Waals surface area contributed by atoms with E-state index in [9.17, 15) is 0 Å². The highest BCUT2D eigenvalue weighted by atomic mass is 16.5. The van der Waals surface area contributed by atoms with Gasteiger partial charge in [0, 0.05) is 7.11 Å². The molecule has 0 fully saturated rings. The first-order valence-corrected chi connectivity index (χ1v) is 4.53. The average Bonchev–Trinajstić information content (AvgIpc) is 2.16. The molecule has 0 spiro atoms. The van der Waals surface area contributed by atoms with E-state index < -0.39 is 0 Å². The van der Waals surface area contributed by atoms with Crippen molar-refractivity contribution in [3.8, 4) is 5.75 Å². The van der Waals surface area contributed by atoms with Gasteiger partial charge in [-0.1, -0.05) is 0 Å². The quantitative estimate of drug-likeness (QED) is 0.749. The number of ether oxygens (including phenoxy) is 2. The van der Waals surface area contributed by atoms with E-state index in [-0.39, 0.29) is 6.23 Å². The Labute approximate surface area is 84.8 Å². The van der Waals surface area contributed by atoms with Gasteiger partial charge in [-0.05, 0) is 42.7 Å². The first-order valence-electron chi connectivity index (χ1n) is 4.53. The number of hydrogen-bond donors (Lipinski definition) is 1. The van der Waals surface area contributed by atoms with E-state index in [4.69, 9.17) is 15.2 Å². The van der Waals surface area contributed by atoms with Crippen LogP contribution in [0.1, 0.15) is 22.9 Å². The minimum absolute atomic E-state index is 0.363. The monoisotopic (exact) mass is 195 g/mol. The summed E-state index contributed by atoms with van der Waals surface area (Å²) < 4.78 is 10.3. The molecule has 0 radical (unpaired) electrons. The zero-order chi connectivity index (χ0) is 10.7. The molecule has 0 aliphatic rings. The van der Waals surface area contributed by atoms with Crippen molar-refractivity contribution in [1.29, 1.82) is 0 Å². The van der Waals surface area contributed by atoms with Gasteiger partial charge in [-0.2, -0.15) is 0 Å². The third kappa shape index (κ3) is 2.05. The van der Waals surface area contributed by atoms with Crippen molar-refractivity contribution in [2.24, 2.45) is 5.73 Å². The molecule has 0 saturated heterocycles. The minimum Gasteiger partial charge on any atom is -0.496 e. The molecule has 0 aliphatic heterocycles. The van der Waals surface area contributed by atoms with Gasteiger partial charge in [-0.25, -0.2) is 0 Å². The molecular weight excluding hydrogens is 178 g/mol. The van der Waals surface area contributed by atoms with Gasteiger partial charge in [0.2, 0.25) is 0 Å². The molecule has 78 valence electrons. The maximum Gasteiger partial charge on any atom is 0.131 e. The van der Waals surface area contributed by atoms with Crippen LogP contribution in [0.3, 0.4) is 0 Å². The van der Waals surface area contributed by atoms with Gasteiger partial charge in [0.15, 0.2) is 0 Å². The van der Waals surface area contributed by atoms with Crippen molar-refractivity contribution in [1.82, 2.24) is 0 Å². The maximum atomic E-state index is 5.76. The molecule has 3 heteroatoms. The van der Waals surface area contributed by atoms with E-state index in [1.165, 1.54) is 0 Å². The number of benzene rings is 1. The lowest BCUT2D eigenvalue weighted by Crippen LogP contribution is -2.12. The number of aryl methyl sites for hydroxylation is 2. The predicted octanol–water partition coefficient (Wildman–Crippen LogP) is 1.92. The fraction of sp³-hybridized carbons (Fsp3) is 0.455. The first-order chi connectivity index (χ1) is 6.60. The van der Waals surface area contributed by atoms with Crippen molar-refractivity contribution in [2.45, 2.75) is 20.1 Å². The van der Waals surface area contributed by atoms with Crippen molar-refractivity contribution >= 4 is 0 Å². The van der Waals surface area contributed by atoms with E-state index in [0.717, 1.165) is 22.4 Å². The van der Waals surface area contributed by atoms with Gasteiger partial charge in [0.1, 0.15) is 12.0 Å². The Morgan fingerprint density at radius 2 is 1.64 bits per heavy atom. The summed E-state index contributed by atoms with van der Waals surface area (Å²) in [6.45, 7) is 4.00. The molecule has 1 aromatic rings. The fourth-order valence-corrected chi connectivity index (χ4v) is 1.61. The normalized spacial score (nSPS) is 12.6. The number of methoxy groups -OCH3 is 2. The molecule has 1 unspecified atom stereocenters. The van der Waals surface area contributed by atoms with E-state index in [1.54, 1.807) is 14.2 Å². The lowest BCUT2D eigenvalue weighted by Gasteiger charge is -2.14. The van der Waals surface area contributed by atoms with Crippen LogP contribution >= 0.6 is 0 Å². The second-order valence-electron chi connectivity index (χ2n) is 3.34. The Kier molecular flexibility index (Phi) is 3.49. The molecule has 2 N–H and O–H groups in total. The molecule has 1 atom stereocenters. The molecule has 14 heavy (non-hydrogen) atoms. The lowest BCUT2D eigenvalue weighted by atomic mass is 10.0. The summed E-state index contributed by atoms with van der Waals surface area (Å²) in [5.74, 6) is 0.914. The lowest BCUT2D eigenvalue weighted by molar-refractivity contribution is 0.109.